The van der Waals surface area contributed by atoms with Crippen molar-refractivity contribution in [2.75, 3.05) is 13.1 Å². The summed E-state index contributed by atoms with van der Waals surface area (Å²) in [5.41, 5.74) is 0.975. The minimum Gasteiger partial charge on any atom is -0.384 e. The van der Waals surface area contributed by atoms with E-state index >= 15 is 0 Å². The first-order valence-electron chi connectivity index (χ1n) is 5.69. The number of aliphatic hydroxyl groups is 1. The first-order chi connectivity index (χ1) is 8.41. The maximum atomic E-state index is 12.3. The minimum absolute atomic E-state index is 0.0618. The molecule has 1 aliphatic heterocycles. The van der Waals surface area contributed by atoms with Crippen molar-refractivity contribution in [2.24, 2.45) is 0 Å². The van der Waals surface area contributed by atoms with Crippen molar-refractivity contribution >= 4 is 15.8 Å². The molecule has 0 aliphatic carbocycles. The number of carbonyl (C=O) groups is 1. The van der Waals surface area contributed by atoms with Gasteiger partial charge in [0, 0.05) is 19.5 Å². The number of aliphatic hydroxyl groups excluding tert-OH is 1. The molecule has 0 amide bonds. The van der Waals surface area contributed by atoms with Crippen LogP contribution in [0.1, 0.15) is 12.0 Å². The van der Waals surface area contributed by atoms with Gasteiger partial charge in [-0.2, -0.15) is 4.31 Å². The van der Waals surface area contributed by atoms with E-state index in [9.17, 15) is 18.3 Å². The molecular formula is C12H15NO4S. The van der Waals surface area contributed by atoms with Gasteiger partial charge >= 0.3 is 0 Å². The topological polar surface area (TPSA) is 74.7 Å². The fourth-order valence-corrected chi connectivity index (χ4v) is 3.31. The molecule has 18 heavy (non-hydrogen) atoms. The fourth-order valence-electron chi connectivity index (χ4n) is 1.87. The summed E-state index contributed by atoms with van der Waals surface area (Å²) >= 11 is 0. The van der Waals surface area contributed by atoms with E-state index in [0.29, 0.717) is 0 Å². The Balaban J connectivity index is 2.26. The summed E-state index contributed by atoms with van der Waals surface area (Å²) < 4.78 is 25.7. The van der Waals surface area contributed by atoms with Crippen LogP contribution in [0.15, 0.2) is 29.2 Å². The van der Waals surface area contributed by atoms with Crippen LogP contribution in [0.5, 0.6) is 0 Å². The van der Waals surface area contributed by atoms with Crippen molar-refractivity contribution < 1.29 is 18.3 Å². The Labute approximate surface area is 106 Å². The van der Waals surface area contributed by atoms with Crippen molar-refractivity contribution in [3.05, 3.63) is 29.8 Å². The minimum atomic E-state index is -3.61. The third-order valence-corrected chi connectivity index (χ3v) is 4.89. The highest BCUT2D eigenvalue weighted by atomic mass is 32.2. The Hall–Kier alpha value is -1.24. The first kappa shape index (κ1) is 13.2. The van der Waals surface area contributed by atoms with E-state index < -0.39 is 16.1 Å². The molecule has 1 fully saturated rings. The average Bonchev–Trinajstić information content (AvgIpc) is 2.33. The molecule has 0 radical (unpaired) electrons. The number of benzene rings is 1. The van der Waals surface area contributed by atoms with Gasteiger partial charge in [0.05, 0.1) is 4.90 Å². The summed E-state index contributed by atoms with van der Waals surface area (Å²) in [5.74, 6) is -0.301. The predicted octanol–water partition coefficient (Wildman–Crippen LogP) is 0.319. The van der Waals surface area contributed by atoms with Gasteiger partial charge in [-0.1, -0.05) is 17.7 Å². The first-order valence-corrected chi connectivity index (χ1v) is 7.13. The summed E-state index contributed by atoms with van der Waals surface area (Å²) in [6, 6.07) is 6.51. The van der Waals surface area contributed by atoms with Gasteiger partial charge in [-0.15, -0.1) is 0 Å². The number of ketones is 1. The van der Waals surface area contributed by atoms with Gasteiger partial charge in [0.2, 0.25) is 10.0 Å². The Morgan fingerprint density at radius 2 is 1.89 bits per heavy atom. The van der Waals surface area contributed by atoms with E-state index in [-0.39, 0.29) is 30.2 Å². The van der Waals surface area contributed by atoms with E-state index in [1.54, 1.807) is 12.1 Å². The van der Waals surface area contributed by atoms with Crippen molar-refractivity contribution in [2.45, 2.75) is 24.3 Å². The van der Waals surface area contributed by atoms with Crippen molar-refractivity contribution in [1.82, 2.24) is 4.31 Å². The highest BCUT2D eigenvalue weighted by Gasteiger charge is 2.33. The van der Waals surface area contributed by atoms with Gasteiger partial charge in [0.15, 0.2) is 5.78 Å². The van der Waals surface area contributed by atoms with Crippen LogP contribution in [0.25, 0.3) is 0 Å². The summed E-state index contributed by atoms with van der Waals surface area (Å²) in [5, 5.41) is 9.45. The van der Waals surface area contributed by atoms with Crippen LogP contribution < -0.4 is 0 Å². The molecule has 0 aromatic heterocycles. The van der Waals surface area contributed by atoms with E-state index in [2.05, 4.69) is 0 Å². The van der Waals surface area contributed by atoms with Crippen LogP contribution in [0, 0.1) is 6.92 Å². The van der Waals surface area contributed by atoms with Crippen LogP contribution >= 0.6 is 0 Å². The maximum Gasteiger partial charge on any atom is 0.243 e. The quantitative estimate of drug-likeness (QED) is 0.839. The number of rotatable bonds is 2. The number of aryl methyl sites for hydroxylation is 1. The van der Waals surface area contributed by atoms with E-state index in [1.807, 2.05) is 6.92 Å². The monoisotopic (exact) mass is 269 g/mol. The van der Waals surface area contributed by atoms with E-state index in [4.69, 9.17) is 0 Å². The zero-order valence-corrected chi connectivity index (χ0v) is 10.9. The molecule has 1 heterocycles. The summed E-state index contributed by atoms with van der Waals surface area (Å²) in [7, 11) is -3.61. The van der Waals surface area contributed by atoms with Crippen LogP contribution in [-0.2, 0) is 14.8 Å². The van der Waals surface area contributed by atoms with Gasteiger partial charge in [-0.3, -0.25) is 4.79 Å². The largest absolute Gasteiger partial charge is 0.384 e. The molecule has 1 saturated heterocycles. The van der Waals surface area contributed by atoms with Crippen molar-refractivity contribution in [3.8, 4) is 0 Å². The molecule has 6 heteroatoms. The average molecular weight is 269 g/mol. The van der Waals surface area contributed by atoms with Gasteiger partial charge < -0.3 is 5.11 Å². The highest BCUT2D eigenvalue weighted by Crippen LogP contribution is 2.19. The van der Waals surface area contributed by atoms with Crippen LogP contribution in [0.3, 0.4) is 0 Å². The third kappa shape index (κ3) is 2.45. The lowest BCUT2D eigenvalue weighted by molar-refractivity contribution is -0.129. The van der Waals surface area contributed by atoms with E-state index in [1.165, 1.54) is 12.1 Å². The third-order valence-electron chi connectivity index (χ3n) is 3.01. The lowest BCUT2D eigenvalue weighted by Crippen LogP contribution is -2.46. The number of sulfonamides is 1. The Kier molecular flexibility index (Phi) is 3.52. The Bertz CT molecular complexity index is 550. The highest BCUT2D eigenvalue weighted by molar-refractivity contribution is 7.89. The molecule has 0 bridgehead atoms. The lowest BCUT2D eigenvalue weighted by atomic mass is 10.1. The molecule has 1 aliphatic rings. The number of carbonyl (C=O) groups excluding carboxylic acids is 1. The molecule has 0 saturated carbocycles. The molecule has 98 valence electrons. The second-order valence-electron chi connectivity index (χ2n) is 4.41. The van der Waals surface area contributed by atoms with Crippen molar-refractivity contribution in [1.29, 1.82) is 0 Å². The van der Waals surface area contributed by atoms with Crippen LogP contribution in [-0.4, -0.2) is 42.8 Å². The van der Waals surface area contributed by atoms with Crippen LogP contribution in [0.4, 0.5) is 0 Å². The van der Waals surface area contributed by atoms with Gasteiger partial charge in [-0.25, -0.2) is 8.42 Å². The number of Topliss-reactive ketones (excluding diaryl/α,β-unsaturated/α-hetero) is 1. The zero-order valence-electron chi connectivity index (χ0n) is 10.0. The number of hydrogen-bond acceptors (Lipinski definition) is 4. The number of hydrogen-bond donors (Lipinski definition) is 1. The van der Waals surface area contributed by atoms with Gasteiger partial charge in [-0.05, 0) is 19.1 Å². The molecule has 1 aromatic carbocycles. The molecule has 1 aromatic rings. The van der Waals surface area contributed by atoms with Gasteiger partial charge in [0.1, 0.15) is 6.10 Å². The molecule has 1 atom stereocenters. The Morgan fingerprint density at radius 3 is 2.44 bits per heavy atom. The zero-order chi connectivity index (χ0) is 13.3. The molecule has 5 nitrogen and oxygen atoms in total. The molecular weight excluding hydrogens is 254 g/mol. The van der Waals surface area contributed by atoms with E-state index in [0.717, 1.165) is 9.87 Å². The summed E-state index contributed by atoms with van der Waals surface area (Å²) in [4.78, 5) is 11.4. The molecule has 0 unspecified atom stereocenters. The Morgan fingerprint density at radius 1 is 1.28 bits per heavy atom. The van der Waals surface area contributed by atoms with Crippen LogP contribution in [0.2, 0.25) is 0 Å². The SMILES string of the molecule is Cc1ccc(S(=O)(=O)N2CCC(=O)[C@H](O)C2)cc1. The molecule has 1 N–H and O–H groups in total. The van der Waals surface area contributed by atoms with Gasteiger partial charge in [0.25, 0.3) is 0 Å². The fraction of sp³-hybridized carbons (Fsp3) is 0.417. The second-order valence-corrected chi connectivity index (χ2v) is 6.35. The maximum absolute atomic E-state index is 12.3. The summed E-state index contributed by atoms with van der Waals surface area (Å²) in [6.07, 6.45) is -1.15. The predicted molar refractivity (Wildman–Crippen MR) is 65.6 cm³/mol. The number of nitrogens with zero attached hydrogens (tertiary/aromatic N) is 1. The van der Waals surface area contributed by atoms with Crippen molar-refractivity contribution in [3.63, 3.8) is 0 Å². The lowest BCUT2D eigenvalue weighted by Gasteiger charge is -2.28. The number of β-amino-alcohol motifs (C(OH)–C–C–N with tert-alkyl or cyclic N) is 1. The standard InChI is InChI=1S/C12H15NO4S/c1-9-2-4-10(5-3-9)18(16,17)13-7-6-11(14)12(15)8-13/h2-5,12,15H,6-8H2,1H3/t12-/m1/s1. The second kappa shape index (κ2) is 4.79. The molecule has 2 rings (SSSR count). The normalized spacial score (nSPS) is 22.1. The molecule has 0 spiro atoms. The summed E-state index contributed by atoms with van der Waals surface area (Å²) in [6.45, 7) is 1.85. The number of piperidine rings is 1. The smallest absolute Gasteiger partial charge is 0.243 e.